The predicted octanol–water partition coefficient (Wildman–Crippen LogP) is 2.72. The molecule has 30 heavy (non-hydrogen) atoms. The summed E-state index contributed by atoms with van der Waals surface area (Å²) in [6, 6.07) is 5.30. The van der Waals surface area contributed by atoms with Crippen molar-refractivity contribution >= 4 is 17.8 Å². The highest BCUT2D eigenvalue weighted by Crippen LogP contribution is 2.34. The second-order valence-corrected chi connectivity index (χ2v) is 7.87. The number of carboxylic acid groups (broad SMARTS) is 1. The molecule has 1 aromatic heterocycles. The lowest BCUT2D eigenvalue weighted by Gasteiger charge is -2.27. The van der Waals surface area contributed by atoms with E-state index in [0.29, 0.717) is 18.1 Å². The summed E-state index contributed by atoms with van der Waals surface area (Å²) in [7, 11) is 0. The lowest BCUT2D eigenvalue weighted by Crippen LogP contribution is -2.47. The standard InChI is InChI=1S/C17H25N5O.C2HF3O2/c1-12-6-7-16(20-19-12)21-10-8-15-14(21)9-11-22(15)17(23)18-13-4-2-3-5-13;3-2(4,5)1(6)7/h6-7,13-15H,2-5,8-11H2,1H3,(H,18,23);(H,6,7)/t14-,15+;/m0./s1. The van der Waals surface area contributed by atoms with Crippen molar-refractivity contribution in [3.05, 3.63) is 17.8 Å². The number of alkyl halides is 3. The van der Waals surface area contributed by atoms with E-state index < -0.39 is 12.1 Å². The van der Waals surface area contributed by atoms with Gasteiger partial charge in [0.15, 0.2) is 5.82 Å². The second-order valence-electron chi connectivity index (χ2n) is 7.87. The average Bonchev–Trinajstić information content (AvgIpc) is 3.39. The number of carboxylic acids is 1. The molecule has 2 N–H and O–H groups in total. The van der Waals surface area contributed by atoms with Gasteiger partial charge in [0.25, 0.3) is 0 Å². The van der Waals surface area contributed by atoms with E-state index in [9.17, 15) is 18.0 Å². The van der Waals surface area contributed by atoms with Crippen LogP contribution in [-0.2, 0) is 4.79 Å². The molecule has 0 bridgehead atoms. The fourth-order valence-electron chi connectivity index (χ4n) is 4.40. The highest BCUT2D eigenvalue weighted by Gasteiger charge is 2.45. The lowest BCUT2D eigenvalue weighted by molar-refractivity contribution is -0.192. The zero-order chi connectivity index (χ0) is 21.9. The molecule has 0 spiro atoms. The third-order valence-electron chi connectivity index (χ3n) is 5.84. The Balaban J connectivity index is 0.000000318. The van der Waals surface area contributed by atoms with Crippen LogP contribution in [0, 0.1) is 6.92 Å². The topological polar surface area (TPSA) is 98.7 Å². The van der Waals surface area contributed by atoms with Crippen molar-refractivity contribution in [1.29, 1.82) is 0 Å². The van der Waals surface area contributed by atoms with Gasteiger partial charge < -0.3 is 20.2 Å². The van der Waals surface area contributed by atoms with Crippen LogP contribution >= 0.6 is 0 Å². The molecule has 8 nitrogen and oxygen atoms in total. The summed E-state index contributed by atoms with van der Waals surface area (Å²) in [5.41, 5.74) is 0.938. The monoisotopic (exact) mass is 429 g/mol. The molecule has 0 radical (unpaired) electrons. The minimum absolute atomic E-state index is 0.140. The molecule has 4 rings (SSSR count). The number of hydrogen-bond acceptors (Lipinski definition) is 5. The third kappa shape index (κ3) is 5.11. The van der Waals surface area contributed by atoms with Crippen LogP contribution in [0.1, 0.15) is 44.2 Å². The molecule has 0 unspecified atom stereocenters. The number of fused-ring (bicyclic) bond motifs is 1. The fraction of sp³-hybridized carbons (Fsp3) is 0.684. The minimum atomic E-state index is -5.08. The van der Waals surface area contributed by atoms with Crippen molar-refractivity contribution in [3.63, 3.8) is 0 Å². The number of aryl methyl sites for hydroxylation is 1. The molecule has 166 valence electrons. The SMILES string of the molecule is Cc1ccc(N2CC[C@@H]3[C@@H]2CCN3C(=O)NC2CCCC2)nn1.O=C(O)C(F)(F)F. The number of amides is 2. The Morgan fingerprint density at radius 2 is 1.70 bits per heavy atom. The first-order valence-corrected chi connectivity index (χ1v) is 10.1. The van der Waals surface area contributed by atoms with Crippen molar-refractivity contribution in [3.8, 4) is 0 Å². The summed E-state index contributed by atoms with van der Waals surface area (Å²) >= 11 is 0. The summed E-state index contributed by atoms with van der Waals surface area (Å²) in [4.78, 5) is 25.9. The van der Waals surface area contributed by atoms with Gasteiger partial charge >= 0.3 is 18.2 Å². The van der Waals surface area contributed by atoms with Crippen LogP contribution in [0.3, 0.4) is 0 Å². The molecular weight excluding hydrogens is 403 g/mol. The zero-order valence-corrected chi connectivity index (χ0v) is 16.7. The lowest BCUT2D eigenvalue weighted by atomic mass is 10.1. The number of nitrogens with one attached hydrogen (secondary N) is 1. The maximum Gasteiger partial charge on any atom is 0.490 e. The number of rotatable bonds is 2. The number of halogens is 3. The van der Waals surface area contributed by atoms with Crippen molar-refractivity contribution < 1.29 is 27.9 Å². The largest absolute Gasteiger partial charge is 0.490 e. The van der Waals surface area contributed by atoms with Gasteiger partial charge in [-0.25, -0.2) is 9.59 Å². The molecule has 1 aliphatic carbocycles. The molecule has 3 heterocycles. The van der Waals surface area contributed by atoms with E-state index in [0.717, 1.165) is 50.3 Å². The molecule has 2 aliphatic heterocycles. The van der Waals surface area contributed by atoms with E-state index in [4.69, 9.17) is 9.90 Å². The summed E-state index contributed by atoms with van der Waals surface area (Å²) in [5.74, 6) is -1.81. The first-order valence-electron chi connectivity index (χ1n) is 10.1. The summed E-state index contributed by atoms with van der Waals surface area (Å²) in [6.45, 7) is 3.76. The Labute approximate surface area is 172 Å². The fourth-order valence-corrected chi connectivity index (χ4v) is 4.40. The van der Waals surface area contributed by atoms with Crippen LogP contribution < -0.4 is 10.2 Å². The van der Waals surface area contributed by atoms with Crippen LogP contribution in [0.25, 0.3) is 0 Å². The number of nitrogens with zero attached hydrogens (tertiary/aromatic N) is 4. The first-order chi connectivity index (χ1) is 14.2. The van der Waals surface area contributed by atoms with Crippen molar-refractivity contribution in [2.24, 2.45) is 0 Å². The van der Waals surface area contributed by atoms with Gasteiger partial charge in [-0.1, -0.05) is 12.8 Å². The highest BCUT2D eigenvalue weighted by atomic mass is 19.4. The van der Waals surface area contributed by atoms with E-state index in [2.05, 4.69) is 25.3 Å². The average molecular weight is 429 g/mol. The van der Waals surface area contributed by atoms with Gasteiger partial charge in [-0.3, -0.25) is 0 Å². The molecule has 0 aromatic carbocycles. The van der Waals surface area contributed by atoms with Crippen LogP contribution in [-0.4, -0.2) is 69.6 Å². The maximum absolute atomic E-state index is 12.6. The van der Waals surface area contributed by atoms with E-state index in [1.165, 1.54) is 12.8 Å². The molecular formula is C19H26F3N5O3. The number of likely N-dealkylation sites (tertiary alicyclic amines) is 1. The van der Waals surface area contributed by atoms with Crippen LogP contribution in [0.4, 0.5) is 23.8 Å². The number of carbonyl (C=O) groups is 2. The number of anilines is 1. The number of aliphatic carboxylic acids is 1. The molecule has 1 saturated carbocycles. The maximum atomic E-state index is 12.6. The Hall–Kier alpha value is -2.59. The Morgan fingerprint density at radius 1 is 1.07 bits per heavy atom. The van der Waals surface area contributed by atoms with E-state index in [1.807, 2.05) is 19.1 Å². The molecule has 2 saturated heterocycles. The van der Waals surface area contributed by atoms with Crippen molar-refractivity contribution in [2.45, 2.75) is 69.8 Å². The Morgan fingerprint density at radius 3 is 2.27 bits per heavy atom. The highest BCUT2D eigenvalue weighted by molar-refractivity contribution is 5.76. The van der Waals surface area contributed by atoms with Gasteiger partial charge in [0.1, 0.15) is 0 Å². The number of hydrogen-bond donors (Lipinski definition) is 2. The number of carbonyl (C=O) groups excluding carboxylic acids is 1. The normalized spacial score (nSPS) is 23.7. The summed E-state index contributed by atoms with van der Waals surface area (Å²) in [5, 5.41) is 18.9. The summed E-state index contributed by atoms with van der Waals surface area (Å²) < 4.78 is 31.7. The molecule has 3 aliphatic rings. The van der Waals surface area contributed by atoms with E-state index in [1.54, 1.807) is 0 Å². The van der Waals surface area contributed by atoms with Gasteiger partial charge in [-0.15, -0.1) is 5.10 Å². The van der Waals surface area contributed by atoms with Crippen molar-refractivity contribution in [2.75, 3.05) is 18.0 Å². The molecule has 3 fully saturated rings. The van der Waals surface area contributed by atoms with Crippen LogP contribution in [0.5, 0.6) is 0 Å². The van der Waals surface area contributed by atoms with Gasteiger partial charge in [-0.05, 0) is 44.7 Å². The van der Waals surface area contributed by atoms with Crippen LogP contribution in [0.2, 0.25) is 0 Å². The molecule has 1 aromatic rings. The molecule has 2 amide bonds. The van der Waals surface area contributed by atoms with Gasteiger partial charge in [-0.2, -0.15) is 18.3 Å². The van der Waals surface area contributed by atoms with Gasteiger partial charge in [0.05, 0.1) is 17.8 Å². The van der Waals surface area contributed by atoms with Crippen LogP contribution in [0.15, 0.2) is 12.1 Å². The van der Waals surface area contributed by atoms with E-state index in [-0.39, 0.29) is 6.03 Å². The molecule has 11 heteroatoms. The minimum Gasteiger partial charge on any atom is -0.475 e. The summed E-state index contributed by atoms with van der Waals surface area (Å²) in [6.07, 6.45) is 1.74. The second kappa shape index (κ2) is 9.05. The predicted molar refractivity (Wildman–Crippen MR) is 102 cm³/mol. The number of aromatic nitrogens is 2. The van der Waals surface area contributed by atoms with E-state index >= 15 is 0 Å². The Kier molecular flexibility index (Phi) is 6.67. The van der Waals surface area contributed by atoms with Gasteiger partial charge in [0, 0.05) is 19.1 Å². The smallest absolute Gasteiger partial charge is 0.475 e. The quantitative estimate of drug-likeness (QED) is 0.750. The van der Waals surface area contributed by atoms with Gasteiger partial charge in [0.2, 0.25) is 0 Å². The Bertz CT molecular complexity index is 753. The third-order valence-corrected chi connectivity index (χ3v) is 5.84. The zero-order valence-electron chi connectivity index (χ0n) is 16.7. The molecule has 2 atom stereocenters. The first kappa shape index (κ1) is 22.1. The van der Waals surface area contributed by atoms with Crippen molar-refractivity contribution in [1.82, 2.24) is 20.4 Å². The number of urea groups is 1.